The fourth-order valence-corrected chi connectivity index (χ4v) is 4.96. The second-order valence-electron chi connectivity index (χ2n) is 9.83. The number of Topliss-reactive ketones (excluding diaryl/α,β-unsaturated/α-hetero) is 1. The van der Waals surface area contributed by atoms with Crippen LogP contribution >= 0.6 is 11.6 Å². The van der Waals surface area contributed by atoms with Crippen LogP contribution in [0, 0.1) is 5.82 Å². The molecule has 11 heteroatoms. The van der Waals surface area contributed by atoms with E-state index in [-0.39, 0.29) is 17.2 Å². The first-order valence-electron chi connectivity index (χ1n) is 13.4. The summed E-state index contributed by atoms with van der Waals surface area (Å²) in [7, 11) is 0. The van der Waals surface area contributed by atoms with Crippen LogP contribution in [0.3, 0.4) is 0 Å². The molecule has 2 aliphatic heterocycles. The lowest BCUT2D eigenvalue weighted by atomic mass is 10.1. The molecule has 39 heavy (non-hydrogen) atoms. The Labute approximate surface area is 231 Å². The smallest absolute Gasteiger partial charge is 0.233 e. The monoisotopic (exact) mass is 551 g/mol. The lowest BCUT2D eigenvalue weighted by Crippen LogP contribution is -2.34. The number of nitrogens with one attached hydrogen (secondary N) is 2. The summed E-state index contributed by atoms with van der Waals surface area (Å²) in [5, 5.41) is 5.72. The van der Waals surface area contributed by atoms with Crippen molar-refractivity contribution in [2.24, 2.45) is 0 Å². The van der Waals surface area contributed by atoms with Gasteiger partial charge in [0.15, 0.2) is 5.78 Å². The van der Waals surface area contributed by atoms with E-state index < -0.39 is 11.7 Å². The van der Waals surface area contributed by atoms with Gasteiger partial charge in [-0.05, 0) is 81.0 Å². The molecule has 1 amide bonds. The van der Waals surface area contributed by atoms with E-state index in [1.54, 1.807) is 24.3 Å². The van der Waals surface area contributed by atoms with Crippen LogP contribution in [0.2, 0.25) is 5.02 Å². The van der Waals surface area contributed by atoms with Gasteiger partial charge in [0.25, 0.3) is 0 Å². The Balaban J connectivity index is 1.26. The maximum atomic E-state index is 13.3. The van der Waals surface area contributed by atoms with Crippen molar-refractivity contribution >= 4 is 52.5 Å². The normalized spacial score (nSPS) is 15.6. The number of aromatic nitrogens is 3. The van der Waals surface area contributed by atoms with Crippen LogP contribution in [0.1, 0.15) is 55.3 Å². The van der Waals surface area contributed by atoms with Crippen molar-refractivity contribution in [1.82, 2.24) is 15.0 Å². The number of rotatable bonds is 8. The van der Waals surface area contributed by atoms with Crippen molar-refractivity contribution in [1.29, 1.82) is 0 Å². The fraction of sp³-hybridized carbons (Fsp3) is 0.393. The molecule has 1 aromatic heterocycles. The summed E-state index contributed by atoms with van der Waals surface area (Å²) in [4.78, 5) is 43.6. The standard InChI is InChI=1S/C28H31ClFN7O2/c29-22-17-21(11-12-23(22)30)31-25(39)18-24(38)19-7-9-20(10-8-19)32-26-33-27(36-13-3-1-4-14-36)35-28(34-26)37-15-5-2-6-16-37/h7-12,17H,1-6,13-16,18H2,(H,31,39)(H,32,33,34,35). The van der Waals surface area contributed by atoms with E-state index >= 15 is 0 Å². The van der Waals surface area contributed by atoms with E-state index in [2.05, 4.69) is 20.4 Å². The van der Waals surface area contributed by atoms with Crippen molar-refractivity contribution < 1.29 is 14.0 Å². The highest BCUT2D eigenvalue weighted by atomic mass is 35.5. The van der Waals surface area contributed by atoms with E-state index in [0.717, 1.165) is 63.6 Å². The Morgan fingerprint density at radius 2 is 1.36 bits per heavy atom. The zero-order chi connectivity index (χ0) is 27.2. The number of halogens is 2. The minimum Gasteiger partial charge on any atom is -0.341 e. The molecule has 5 rings (SSSR count). The minimum atomic E-state index is -0.581. The van der Waals surface area contributed by atoms with Crippen molar-refractivity contribution in [2.75, 3.05) is 46.6 Å². The molecule has 0 unspecified atom stereocenters. The summed E-state index contributed by atoms with van der Waals surface area (Å²) in [6, 6.07) is 10.7. The molecule has 0 bridgehead atoms. The van der Waals surface area contributed by atoms with Gasteiger partial charge in [-0.1, -0.05) is 11.6 Å². The van der Waals surface area contributed by atoms with Gasteiger partial charge in [-0.2, -0.15) is 15.0 Å². The van der Waals surface area contributed by atoms with Crippen LogP contribution in [-0.2, 0) is 4.79 Å². The van der Waals surface area contributed by atoms with Gasteiger partial charge in [0.1, 0.15) is 5.82 Å². The van der Waals surface area contributed by atoms with Gasteiger partial charge >= 0.3 is 0 Å². The fourth-order valence-electron chi connectivity index (χ4n) is 4.78. The Hall–Kier alpha value is -3.79. The lowest BCUT2D eigenvalue weighted by molar-refractivity contribution is -0.115. The zero-order valence-electron chi connectivity index (χ0n) is 21.6. The van der Waals surface area contributed by atoms with Crippen LogP contribution in [0.25, 0.3) is 0 Å². The van der Waals surface area contributed by atoms with E-state index in [0.29, 0.717) is 29.1 Å². The third-order valence-corrected chi connectivity index (χ3v) is 7.17. The topological polar surface area (TPSA) is 103 Å². The highest BCUT2D eigenvalue weighted by molar-refractivity contribution is 6.31. The predicted octanol–water partition coefficient (Wildman–Crippen LogP) is 5.60. The van der Waals surface area contributed by atoms with Gasteiger partial charge in [-0.3, -0.25) is 9.59 Å². The maximum Gasteiger partial charge on any atom is 0.233 e. The molecule has 2 saturated heterocycles. The molecule has 0 aliphatic carbocycles. The molecule has 204 valence electrons. The predicted molar refractivity (Wildman–Crippen MR) is 151 cm³/mol. The summed E-state index contributed by atoms with van der Waals surface area (Å²) in [6.07, 6.45) is 6.58. The van der Waals surface area contributed by atoms with E-state index in [4.69, 9.17) is 26.6 Å². The van der Waals surface area contributed by atoms with E-state index in [9.17, 15) is 14.0 Å². The summed E-state index contributed by atoms with van der Waals surface area (Å²) < 4.78 is 13.3. The van der Waals surface area contributed by atoms with Gasteiger partial charge in [-0.25, -0.2) is 4.39 Å². The number of hydrogen-bond donors (Lipinski definition) is 2. The maximum absolute atomic E-state index is 13.3. The largest absolute Gasteiger partial charge is 0.341 e. The average molecular weight is 552 g/mol. The Morgan fingerprint density at radius 3 is 1.92 bits per heavy atom. The molecule has 2 fully saturated rings. The number of benzene rings is 2. The van der Waals surface area contributed by atoms with E-state index in [1.165, 1.54) is 25.0 Å². The van der Waals surface area contributed by atoms with Crippen LogP contribution < -0.4 is 20.4 Å². The van der Waals surface area contributed by atoms with Crippen LogP contribution in [0.15, 0.2) is 42.5 Å². The summed E-state index contributed by atoms with van der Waals surface area (Å²) in [6.45, 7) is 3.73. The van der Waals surface area contributed by atoms with Gasteiger partial charge in [0, 0.05) is 43.1 Å². The van der Waals surface area contributed by atoms with Crippen molar-refractivity contribution in [3.63, 3.8) is 0 Å². The molecule has 9 nitrogen and oxygen atoms in total. The summed E-state index contributed by atoms with van der Waals surface area (Å²) in [5.74, 6) is 0.406. The van der Waals surface area contributed by atoms with Crippen molar-refractivity contribution in [3.05, 3.63) is 58.9 Å². The number of anilines is 5. The van der Waals surface area contributed by atoms with Crippen LogP contribution in [0.4, 0.5) is 33.6 Å². The number of piperidine rings is 2. The second-order valence-corrected chi connectivity index (χ2v) is 10.2. The molecular formula is C28H31ClFN7O2. The summed E-state index contributed by atoms with van der Waals surface area (Å²) in [5.41, 5.74) is 1.44. The lowest BCUT2D eigenvalue weighted by Gasteiger charge is -2.30. The third kappa shape index (κ3) is 7.00. The zero-order valence-corrected chi connectivity index (χ0v) is 22.4. The van der Waals surface area contributed by atoms with Crippen molar-refractivity contribution in [2.45, 2.75) is 44.9 Å². The SMILES string of the molecule is O=C(CC(=O)c1ccc(Nc2nc(N3CCCCC3)nc(N3CCCCC3)n2)cc1)Nc1ccc(F)c(Cl)c1. The van der Waals surface area contributed by atoms with Gasteiger partial charge in [-0.15, -0.1) is 0 Å². The third-order valence-electron chi connectivity index (χ3n) is 6.88. The van der Waals surface area contributed by atoms with Gasteiger partial charge in [0.2, 0.25) is 23.8 Å². The Kier molecular flexibility index (Phi) is 8.51. The first-order valence-corrected chi connectivity index (χ1v) is 13.7. The van der Waals surface area contributed by atoms with E-state index in [1.807, 2.05) is 0 Å². The number of carbonyl (C=O) groups is 2. The Bertz CT molecular complexity index is 1290. The summed E-state index contributed by atoms with van der Waals surface area (Å²) >= 11 is 5.75. The molecule has 0 radical (unpaired) electrons. The van der Waals surface area contributed by atoms with Crippen molar-refractivity contribution in [3.8, 4) is 0 Å². The minimum absolute atomic E-state index is 0.105. The average Bonchev–Trinajstić information content (AvgIpc) is 2.96. The van der Waals surface area contributed by atoms with Crippen LogP contribution in [0.5, 0.6) is 0 Å². The highest BCUT2D eigenvalue weighted by Crippen LogP contribution is 2.25. The van der Waals surface area contributed by atoms with Gasteiger partial charge < -0.3 is 20.4 Å². The first kappa shape index (κ1) is 26.8. The molecule has 3 aromatic rings. The second kappa shape index (κ2) is 12.4. The number of hydrogen-bond acceptors (Lipinski definition) is 8. The quantitative estimate of drug-likeness (QED) is 0.275. The first-order chi connectivity index (χ1) is 18.9. The number of nitrogens with zero attached hydrogens (tertiary/aromatic N) is 5. The van der Waals surface area contributed by atoms with Crippen LogP contribution in [-0.4, -0.2) is 52.8 Å². The molecule has 0 saturated carbocycles. The highest BCUT2D eigenvalue weighted by Gasteiger charge is 2.20. The number of ketones is 1. The molecular weight excluding hydrogens is 521 g/mol. The molecule has 0 spiro atoms. The Morgan fingerprint density at radius 1 is 0.795 bits per heavy atom. The molecule has 0 atom stereocenters. The number of amides is 1. The molecule has 2 aromatic carbocycles. The molecule has 2 N–H and O–H groups in total. The van der Waals surface area contributed by atoms with Gasteiger partial charge in [0.05, 0.1) is 11.4 Å². The number of carbonyl (C=O) groups excluding carboxylic acids is 2. The molecule has 2 aliphatic rings. The molecule has 3 heterocycles.